The molecule has 2 aromatic heterocycles. The summed E-state index contributed by atoms with van der Waals surface area (Å²) >= 11 is 0. The van der Waals surface area contributed by atoms with Gasteiger partial charge in [0.15, 0.2) is 0 Å². The van der Waals surface area contributed by atoms with Gasteiger partial charge in [-0.05, 0) is 19.9 Å². The largest absolute Gasteiger partial charge is 0.469 e. The number of hydrogen-bond donors (Lipinski definition) is 1. The van der Waals surface area contributed by atoms with E-state index >= 15 is 0 Å². The van der Waals surface area contributed by atoms with Crippen molar-refractivity contribution in [3.63, 3.8) is 0 Å². The summed E-state index contributed by atoms with van der Waals surface area (Å²) in [5.41, 5.74) is 0.859. The van der Waals surface area contributed by atoms with E-state index in [1.165, 1.54) is 0 Å². The van der Waals surface area contributed by atoms with Crippen LogP contribution in [-0.2, 0) is 0 Å². The molecule has 74 valence electrons. The Hall–Kier alpha value is -1.78. The van der Waals surface area contributed by atoms with Crippen molar-refractivity contribution in [3.8, 4) is 11.4 Å². The Morgan fingerprint density at radius 1 is 1.50 bits per heavy atom. The van der Waals surface area contributed by atoms with Crippen molar-refractivity contribution in [2.24, 2.45) is 0 Å². The van der Waals surface area contributed by atoms with Crippen LogP contribution in [-0.4, -0.2) is 16.7 Å². The number of nitrogens with zero attached hydrogens (tertiary/aromatic N) is 2. The molecule has 0 saturated carbocycles. The molecule has 5 nitrogen and oxygen atoms in total. The van der Waals surface area contributed by atoms with Crippen LogP contribution in [0.25, 0.3) is 11.4 Å². The van der Waals surface area contributed by atoms with Crippen molar-refractivity contribution in [1.29, 1.82) is 0 Å². The molecule has 0 amide bonds. The fourth-order valence-electron chi connectivity index (χ4n) is 1.17. The number of furan rings is 1. The molecular weight excluding hydrogens is 182 g/mol. The molecule has 0 radical (unpaired) electrons. The maximum Gasteiger partial charge on any atom is 0.321 e. The summed E-state index contributed by atoms with van der Waals surface area (Å²) in [7, 11) is 0. The van der Waals surface area contributed by atoms with E-state index in [9.17, 15) is 0 Å². The van der Waals surface area contributed by atoms with Crippen LogP contribution >= 0.6 is 0 Å². The Morgan fingerprint density at radius 2 is 2.36 bits per heavy atom. The molecule has 0 aliphatic carbocycles. The number of nitrogens with one attached hydrogen (secondary N) is 1. The zero-order chi connectivity index (χ0) is 9.97. The van der Waals surface area contributed by atoms with Gasteiger partial charge in [-0.1, -0.05) is 5.16 Å². The average Bonchev–Trinajstić information content (AvgIpc) is 2.74. The van der Waals surface area contributed by atoms with Crippen LogP contribution in [0.3, 0.4) is 0 Å². The van der Waals surface area contributed by atoms with Gasteiger partial charge in [-0.15, -0.1) is 0 Å². The summed E-state index contributed by atoms with van der Waals surface area (Å²) in [6.07, 6.45) is 1.61. The highest BCUT2D eigenvalue weighted by atomic mass is 16.5. The predicted molar refractivity (Wildman–Crippen MR) is 50.9 cm³/mol. The first-order valence-electron chi connectivity index (χ1n) is 4.43. The van der Waals surface area contributed by atoms with Crippen LogP contribution in [0.4, 0.5) is 6.01 Å². The van der Waals surface area contributed by atoms with Crippen molar-refractivity contribution in [3.05, 3.63) is 18.1 Å². The fourth-order valence-corrected chi connectivity index (χ4v) is 1.17. The predicted octanol–water partition coefficient (Wildman–Crippen LogP) is 2.07. The monoisotopic (exact) mass is 193 g/mol. The van der Waals surface area contributed by atoms with Gasteiger partial charge in [0.2, 0.25) is 5.82 Å². The molecule has 0 aliphatic heterocycles. The maximum absolute atomic E-state index is 5.15. The number of aromatic nitrogens is 2. The lowest BCUT2D eigenvalue weighted by Gasteiger charge is -1.90. The molecule has 0 bridgehead atoms. The SMILES string of the molecule is CCNc1nc(-c2ccoc2C)no1. The summed E-state index contributed by atoms with van der Waals surface area (Å²) in [4.78, 5) is 4.15. The van der Waals surface area contributed by atoms with E-state index < -0.39 is 0 Å². The minimum absolute atomic E-state index is 0.433. The van der Waals surface area contributed by atoms with Crippen LogP contribution in [0.1, 0.15) is 12.7 Å². The molecule has 0 fully saturated rings. The standard InChI is InChI=1S/C9H11N3O2/c1-3-10-9-11-8(12-14-9)7-4-5-13-6(7)2/h4-5H,3H2,1-2H3,(H,10,11,12). The number of hydrogen-bond acceptors (Lipinski definition) is 5. The molecule has 2 heterocycles. The van der Waals surface area contributed by atoms with E-state index in [1.54, 1.807) is 6.26 Å². The molecular formula is C9H11N3O2. The van der Waals surface area contributed by atoms with E-state index in [-0.39, 0.29) is 0 Å². The Balaban J connectivity index is 2.29. The third-order valence-corrected chi connectivity index (χ3v) is 1.85. The Morgan fingerprint density at radius 3 is 3.00 bits per heavy atom. The number of anilines is 1. The second-order valence-electron chi connectivity index (χ2n) is 2.84. The third kappa shape index (κ3) is 1.48. The summed E-state index contributed by atoms with van der Waals surface area (Å²) in [5.74, 6) is 1.33. The molecule has 2 rings (SSSR count). The Kier molecular flexibility index (Phi) is 2.22. The molecule has 0 spiro atoms. The van der Waals surface area contributed by atoms with E-state index in [2.05, 4.69) is 15.5 Å². The first-order valence-corrected chi connectivity index (χ1v) is 4.43. The molecule has 0 aromatic carbocycles. The van der Waals surface area contributed by atoms with Crippen molar-refractivity contribution >= 4 is 6.01 Å². The van der Waals surface area contributed by atoms with Gasteiger partial charge in [-0.25, -0.2) is 0 Å². The third-order valence-electron chi connectivity index (χ3n) is 1.85. The van der Waals surface area contributed by atoms with Crippen molar-refractivity contribution < 1.29 is 8.94 Å². The van der Waals surface area contributed by atoms with Crippen molar-refractivity contribution in [2.75, 3.05) is 11.9 Å². The lowest BCUT2D eigenvalue weighted by atomic mass is 10.2. The summed E-state index contributed by atoms with van der Waals surface area (Å²) in [6, 6.07) is 2.25. The quantitative estimate of drug-likeness (QED) is 0.808. The van der Waals surface area contributed by atoms with E-state index in [0.717, 1.165) is 17.9 Å². The second kappa shape index (κ2) is 3.53. The molecule has 0 atom stereocenters. The van der Waals surface area contributed by atoms with Gasteiger partial charge in [0.1, 0.15) is 5.76 Å². The lowest BCUT2D eigenvalue weighted by Crippen LogP contribution is -1.95. The van der Waals surface area contributed by atoms with Gasteiger partial charge in [0.05, 0.1) is 11.8 Å². The van der Waals surface area contributed by atoms with Gasteiger partial charge >= 0.3 is 6.01 Å². The minimum Gasteiger partial charge on any atom is -0.469 e. The highest BCUT2D eigenvalue weighted by Gasteiger charge is 2.11. The molecule has 2 aromatic rings. The minimum atomic E-state index is 0.433. The maximum atomic E-state index is 5.15. The fraction of sp³-hybridized carbons (Fsp3) is 0.333. The van der Waals surface area contributed by atoms with E-state index in [4.69, 9.17) is 8.94 Å². The van der Waals surface area contributed by atoms with Gasteiger partial charge in [-0.3, -0.25) is 0 Å². The van der Waals surface area contributed by atoms with Gasteiger partial charge in [-0.2, -0.15) is 4.98 Å². The Bertz CT molecular complexity index is 419. The average molecular weight is 193 g/mol. The second-order valence-corrected chi connectivity index (χ2v) is 2.84. The lowest BCUT2D eigenvalue weighted by molar-refractivity contribution is 0.432. The van der Waals surface area contributed by atoms with E-state index in [1.807, 2.05) is 19.9 Å². The van der Waals surface area contributed by atoms with Crippen LogP contribution in [0.2, 0.25) is 0 Å². The summed E-state index contributed by atoms with van der Waals surface area (Å²) in [5, 5.41) is 6.77. The van der Waals surface area contributed by atoms with Crippen LogP contribution in [0.5, 0.6) is 0 Å². The zero-order valence-electron chi connectivity index (χ0n) is 8.07. The molecule has 1 N–H and O–H groups in total. The van der Waals surface area contributed by atoms with Crippen molar-refractivity contribution in [2.45, 2.75) is 13.8 Å². The van der Waals surface area contributed by atoms with Gasteiger partial charge in [0, 0.05) is 6.54 Å². The first-order chi connectivity index (χ1) is 6.81. The van der Waals surface area contributed by atoms with Crippen LogP contribution in [0, 0.1) is 6.92 Å². The molecule has 0 saturated heterocycles. The van der Waals surface area contributed by atoms with Crippen LogP contribution in [0.15, 0.2) is 21.3 Å². The molecule has 0 unspecified atom stereocenters. The molecule has 0 aliphatic rings. The molecule has 5 heteroatoms. The highest BCUT2D eigenvalue weighted by molar-refractivity contribution is 5.57. The zero-order valence-corrected chi connectivity index (χ0v) is 8.07. The van der Waals surface area contributed by atoms with Crippen molar-refractivity contribution in [1.82, 2.24) is 10.1 Å². The molecule has 14 heavy (non-hydrogen) atoms. The summed E-state index contributed by atoms with van der Waals surface area (Å²) < 4.78 is 10.1. The van der Waals surface area contributed by atoms with Gasteiger partial charge in [0.25, 0.3) is 0 Å². The smallest absolute Gasteiger partial charge is 0.321 e. The normalized spacial score (nSPS) is 10.4. The summed E-state index contributed by atoms with van der Waals surface area (Å²) in [6.45, 7) is 4.58. The number of aryl methyl sites for hydroxylation is 1. The topological polar surface area (TPSA) is 64.1 Å². The van der Waals surface area contributed by atoms with Crippen LogP contribution < -0.4 is 5.32 Å². The van der Waals surface area contributed by atoms with E-state index in [0.29, 0.717) is 11.8 Å². The first kappa shape index (κ1) is 8.80. The van der Waals surface area contributed by atoms with Gasteiger partial charge < -0.3 is 14.3 Å². The highest BCUT2D eigenvalue weighted by Crippen LogP contribution is 2.21. The Labute approximate surface area is 81.1 Å². The number of rotatable bonds is 3.